The number of anilines is 2. The zero-order chi connectivity index (χ0) is 15.4. The largest absolute Gasteiger partial charge is 0.397 e. The minimum atomic E-state index is -0.0197. The van der Waals surface area contributed by atoms with E-state index in [-0.39, 0.29) is 5.91 Å². The smallest absolute Gasteiger partial charge is 0.238 e. The first kappa shape index (κ1) is 15.8. The highest BCUT2D eigenvalue weighted by molar-refractivity contribution is 5.95. The van der Waals surface area contributed by atoms with Crippen LogP contribution in [0.2, 0.25) is 0 Å². The Hall–Kier alpha value is -1.59. The van der Waals surface area contributed by atoms with Crippen LogP contribution in [-0.2, 0) is 4.79 Å². The lowest BCUT2D eigenvalue weighted by Gasteiger charge is -2.25. The van der Waals surface area contributed by atoms with Gasteiger partial charge in [-0.3, -0.25) is 9.69 Å². The predicted octanol–water partition coefficient (Wildman–Crippen LogP) is 1.54. The van der Waals surface area contributed by atoms with Gasteiger partial charge in [0.2, 0.25) is 5.91 Å². The van der Waals surface area contributed by atoms with Gasteiger partial charge in [0, 0.05) is 12.6 Å². The number of hydrogen-bond donors (Lipinski definition) is 2. The van der Waals surface area contributed by atoms with Crippen LogP contribution in [0.5, 0.6) is 0 Å². The van der Waals surface area contributed by atoms with Crippen molar-refractivity contribution in [3.8, 4) is 0 Å². The molecule has 1 heterocycles. The van der Waals surface area contributed by atoms with Gasteiger partial charge in [-0.15, -0.1) is 0 Å². The summed E-state index contributed by atoms with van der Waals surface area (Å²) < 4.78 is 0. The van der Waals surface area contributed by atoms with Crippen molar-refractivity contribution < 1.29 is 4.79 Å². The highest BCUT2D eigenvalue weighted by atomic mass is 16.2. The first-order valence-corrected chi connectivity index (χ1v) is 7.50. The van der Waals surface area contributed by atoms with E-state index in [1.54, 1.807) is 0 Å². The summed E-state index contributed by atoms with van der Waals surface area (Å²) in [7, 11) is 4.14. The fourth-order valence-corrected chi connectivity index (χ4v) is 2.87. The Morgan fingerprint density at radius 2 is 2.29 bits per heavy atom. The third-order valence-electron chi connectivity index (χ3n) is 4.09. The topological polar surface area (TPSA) is 61.6 Å². The van der Waals surface area contributed by atoms with Crippen molar-refractivity contribution in [1.82, 2.24) is 9.80 Å². The van der Waals surface area contributed by atoms with E-state index in [0.29, 0.717) is 24.0 Å². The lowest BCUT2D eigenvalue weighted by molar-refractivity contribution is -0.117. The highest BCUT2D eigenvalue weighted by Crippen LogP contribution is 2.19. The van der Waals surface area contributed by atoms with Crippen molar-refractivity contribution in [2.45, 2.75) is 25.8 Å². The highest BCUT2D eigenvalue weighted by Gasteiger charge is 2.22. The molecule has 1 amide bonds. The van der Waals surface area contributed by atoms with Crippen LogP contribution in [0, 0.1) is 6.92 Å². The number of amides is 1. The van der Waals surface area contributed by atoms with Gasteiger partial charge in [0.1, 0.15) is 0 Å². The molecule has 0 bridgehead atoms. The third kappa shape index (κ3) is 4.44. The Bertz CT molecular complexity index is 503. The molecule has 1 aromatic rings. The Labute approximate surface area is 127 Å². The predicted molar refractivity (Wildman–Crippen MR) is 87.4 cm³/mol. The summed E-state index contributed by atoms with van der Waals surface area (Å²) in [6.07, 6.45) is 2.47. The van der Waals surface area contributed by atoms with Crippen molar-refractivity contribution in [2.75, 3.05) is 44.8 Å². The number of rotatable bonds is 5. The molecule has 21 heavy (non-hydrogen) atoms. The molecular formula is C16H26N4O. The molecule has 1 saturated heterocycles. The number of aryl methyl sites for hydroxylation is 1. The summed E-state index contributed by atoms with van der Waals surface area (Å²) >= 11 is 0. The Balaban J connectivity index is 1.83. The summed E-state index contributed by atoms with van der Waals surface area (Å²) in [6.45, 7) is 4.45. The number of nitrogen functional groups attached to an aromatic ring is 1. The van der Waals surface area contributed by atoms with Crippen LogP contribution >= 0.6 is 0 Å². The van der Waals surface area contributed by atoms with E-state index in [1.807, 2.05) is 32.2 Å². The van der Waals surface area contributed by atoms with Crippen LogP contribution in [0.25, 0.3) is 0 Å². The van der Waals surface area contributed by atoms with Crippen LogP contribution in [0.15, 0.2) is 18.2 Å². The Morgan fingerprint density at radius 1 is 1.52 bits per heavy atom. The molecule has 1 fully saturated rings. The number of hydrogen-bond acceptors (Lipinski definition) is 4. The van der Waals surface area contributed by atoms with E-state index in [1.165, 1.54) is 12.8 Å². The van der Waals surface area contributed by atoms with Crippen molar-refractivity contribution in [2.24, 2.45) is 0 Å². The number of likely N-dealkylation sites (tertiary alicyclic amines) is 1. The maximum absolute atomic E-state index is 12.1. The molecule has 0 aliphatic carbocycles. The zero-order valence-electron chi connectivity index (χ0n) is 13.2. The molecule has 0 saturated carbocycles. The van der Waals surface area contributed by atoms with E-state index in [0.717, 1.165) is 18.7 Å². The van der Waals surface area contributed by atoms with Gasteiger partial charge in [-0.25, -0.2) is 0 Å². The standard InChI is InChI=1S/C16H26N4O/c1-12-6-7-15(14(17)9-12)18-16(21)11-19(2)10-13-5-4-8-20(13)3/h6-7,9,13H,4-5,8,10-11,17H2,1-3H3,(H,18,21). The van der Waals surface area contributed by atoms with E-state index in [4.69, 9.17) is 5.73 Å². The van der Waals surface area contributed by atoms with Crippen molar-refractivity contribution in [3.63, 3.8) is 0 Å². The van der Waals surface area contributed by atoms with Crippen LogP contribution < -0.4 is 11.1 Å². The number of likely N-dealkylation sites (N-methyl/N-ethyl adjacent to an activating group) is 2. The average molecular weight is 290 g/mol. The molecule has 0 aromatic heterocycles. The van der Waals surface area contributed by atoms with E-state index in [2.05, 4.69) is 22.2 Å². The molecule has 5 nitrogen and oxygen atoms in total. The van der Waals surface area contributed by atoms with Gasteiger partial charge >= 0.3 is 0 Å². The molecule has 1 aromatic carbocycles. The number of benzene rings is 1. The number of nitrogens with one attached hydrogen (secondary N) is 1. The van der Waals surface area contributed by atoms with E-state index in [9.17, 15) is 4.79 Å². The van der Waals surface area contributed by atoms with Gasteiger partial charge in [0.15, 0.2) is 0 Å². The minimum Gasteiger partial charge on any atom is -0.397 e. The van der Waals surface area contributed by atoms with Gasteiger partial charge < -0.3 is 16.0 Å². The average Bonchev–Trinajstić information content (AvgIpc) is 2.78. The quantitative estimate of drug-likeness (QED) is 0.808. The molecular weight excluding hydrogens is 264 g/mol. The summed E-state index contributed by atoms with van der Waals surface area (Å²) in [5.74, 6) is -0.0197. The second kappa shape index (κ2) is 6.91. The van der Waals surface area contributed by atoms with E-state index >= 15 is 0 Å². The van der Waals surface area contributed by atoms with Gasteiger partial charge in [0.05, 0.1) is 17.9 Å². The second-order valence-corrected chi connectivity index (χ2v) is 6.11. The van der Waals surface area contributed by atoms with Crippen LogP contribution in [0.3, 0.4) is 0 Å². The first-order chi connectivity index (χ1) is 9.95. The lowest BCUT2D eigenvalue weighted by atomic mass is 10.2. The SMILES string of the molecule is Cc1ccc(NC(=O)CN(C)CC2CCCN2C)c(N)c1. The zero-order valence-corrected chi connectivity index (χ0v) is 13.2. The number of carbonyl (C=O) groups excluding carboxylic acids is 1. The Morgan fingerprint density at radius 3 is 2.90 bits per heavy atom. The van der Waals surface area contributed by atoms with Crippen molar-refractivity contribution >= 4 is 17.3 Å². The lowest BCUT2D eigenvalue weighted by Crippen LogP contribution is -2.40. The molecule has 0 radical (unpaired) electrons. The molecule has 116 valence electrons. The van der Waals surface area contributed by atoms with Crippen LogP contribution in [0.4, 0.5) is 11.4 Å². The number of nitrogens with zero attached hydrogens (tertiary/aromatic N) is 2. The minimum absolute atomic E-state index is 0.0197. The van der Waals surface area contributed by atoms with Gasteiger partial charge in [-0.1, -0.05) is 6.07 Å². The van der Waals surface area contributed by atoms with Gasteiger partial charge in [0.25, 0.3) is 0 Å². The molecule has 3 N–H and O–H groups in total. The molecule has 1 aliphatic rings. The molecule has 1 aliphatic heterocycles. The summed E-state index contributed by atoms with van der Waals surface area (Å²) in [6, 6.07) is 6.23. The number of nitrogens with two attached hydrogens (primary N) is 1. The van der Waals surface area contributed by atoms with E-state index < -0.39 is 0 Å². The molecule has 1 unspecified atom stereocenters. The van der Waals surface area contributed by atoms with Gasteiger partial charge in [-0.2, -0.15) is 0 Å². The molecule has 0 spiro atoms. The Kier molecular flexibility index (Phi) is 5.20. The monoisotopic (exact) mass is 290 g/mol. The number of carbonyl (C=O) groups is 1. The molecule has 5 heteroatoms. The van der Waals surface area contributed by atoms with Gasteiger partial charge in [-0.05, 0) is 58.1 Å². The van der Waals surface area contributed by atoms with Crippen molar-refractivity contribution in [1.29, 1.82) is 0 Å². The maximum Gasteiger partial charge on any atom is 0.238 e. The fraction of sp³-hybridized carbons (Fsp3) is 0.562. The maximum atomic E-state index is 12.1. The normalized spacial score (nSPS) is 19.1. The third-order valence-corrected chi connectivity index (χ3v) is 4.09. The second-order valence-electron chi connectivity index (χ2n) is 6.11. The first-order valence-electron chi connectivity index (χ1n) is 7.50. The van der Waals surface area contributed by atoms with Crippen molar-refractivity contribution in [3.05, 3.63) is 23.8 Å². The summed E-state index contributed by atoms with van der Waals surface area (Å²) in [5.41, 5.74) is 8.31. The molecule has 2 rings (SSSR count). The summed E-state index contributed by atoms with van der Waals surface area (Å²) in [5, 5.41) is 2.89. The fourth-order valence-electron chi connectivity index (χ4n) is 2.87. The molecule has 1 atom stereocenters. The van der Waals surface area contributed by atoms with Crippen LogP contribution in [0.1, 0.15) is 18.4 Å². The van der Waals surface area contributed by atoms with Crippen LogP contribution in [-0.4, -0.2) is 55.5 Å². The summed E-state index contributed by atoms with van der Waals surface area (Å²) in [4.78, 5) is 16.5.